The molecule has 2 unspecified atom stereocenters. The van der Waals surface area contributed by atoms with Crippen molar-refractivity contribution in [3.05, 3.63) is 65.5 Å². The van der Waals surface area contributed by atoms with Crippen molar-refractivity contribution >= 4 is 47.6 Å². The van der Waals surface area contributed by atoms with Crippen molar-refractivity contribution in [3.63, 3.8) is 0 Å². The monoisotopic (exact) mass is 823 g/mol. The van der Waals surface area contributed by atoms with Gasteiger partial charge < -0.3 is 43.0 Å². The zero-order valence-corrected chi connectivity index (χ0v) is 33.4. The summed E-state index contributed by atoms with van der Waals surface area (Å²) in [6.45, 7) is 5.90. The van der Waals surface area contributed by atoms with Crippen molar-refractivity contribution in [2.45, 2.75) is 109 Å². The van der Waals surface area contributed by atoms with Crippen molar-refractivity contribution in [2.75, 3.05) is 13.2 Å². The smallest absolute Gasteiger partial charge is 0.340 e. The number of Topliss-reactive ketones (excluding diaryl/α,β-unsaturated/α-hetero) is 1. The molecule has 18 nitrogen and oxygen atoms in total. The van der Waals surface area contributed by atoms with Crippen LogP contribution in [0.4, 0.5) is 0 Å². The minimum Gasteiger partial charge on any atom is -0.465 e. The number of ketones is 1. The Hall–Kier alpha value is -5.75. The van der Waals surface area contributed by atoms with Crippen LogP contribution >= 0.6 is 0 Å². The van der Waals surface area contributed by atoms with Crippen LogP contribution in [0.5, 0.6) is 0 Å². The molecule has 2 aliphatic carbocycles. The summed E-state index contributed by atoms with van der Waals surface area (Å²) in [5, 5.41) is 13.4. The fraction of sp³-hybridized carbons (Fsp3) is 0.537. The Balaban J connectivity index is 1.74. The van der Waals surface area contributed by atoms with E-state index in [4.69, 9.17) is 37.9 Å². The highest BCUT2D eigenvalue weighted by Gasteiger charge is 2.91. The van der Waals surface area contributed by atoms with Gasteiger partial charge in [0.25, 0.3) is 0 Å². The van der Waals surface area contributed by atoms with Crippen LogP contribution in [-0.4, -0.2) is 118 Å². The van der Waals surface area contributed by atoms with E-state index in [1.54, 1.807) is 6.07 Å². The molecule has 3 fully saturated rings. The van der Waals surface area contributed by atoms with Gasteiger partial charge in [-0.05, 0) is 51.0 Å². The third-order valence-electron chi connectivity index (χ3n) is 11.6. The molecule has 2 aliphatic heterocycles. The summed E-state index contributed by atoms with van der Waals surface area (Å²) in [5.41, 5.74) is -10.3. The molecule has 0 amide bonds. The number of esters is 7. The van der Waals surface area contributed by atoms with E-state index in [2.05, 4.69) is 4.98 Å². The molecule has 59 heavy (non-hydrogen) atoms. The summed E-state index contributed by atoms with van der Waals surface area (Å²) in [5.74, 6) is -11.1. The van der Waals surface area contributed by atoms with E-state index in [0.29, 0.717) is 0 Å². The van der Waals surface area contributed by atoms with E-state index in [1.807, 2.05) is 0 Å². The molecule has 2 aromatic rings. The number of nitrogens with zero attached hydrogens (tertiary/aromatic N) is 1. The predicted molar refractivity (Wildman–Crippen MR) is 195 cm³/mol. The summed E-state index contributed by atoms with van der Waals surface area (Å²) >= 11 is 0. The number of hydrogen-bond acceptors (Lipinski definition) is 18. The molecule has 18 heteroatoms. The Bertz CT molecular complexity index is 2070. The lowest BCUT2D eigenvalue weighted by Crippen LogP contribution is -2.88. The quantitative estimate of drug-likeness (QED) is 0.309. The molecule has 1 aromatic carbocycles. The lowest BCUT2D eigenvalue weighted by Gasteiger charge is -2.66. The summed E-state index contributed by atoms with van der Waals surface area (Å²) in [6, 6.07) is 10.3. The molecule has 3 heterocycles. The highest BCUT2D eigenvalue weighted by molar-refractivity contribution is 5.94. The number of benzene rings is 1. The van der Waals surface area contributed by atoms with Crippen molar-refractivity contribution in [1.82, 2.24) is 4.98 Å². The van der Waals surface area contributed by atoms with Gasteiger partial charge in [0, 0.05) is 33.9 Å². The number of fused-ring (bicyclic) bond motifs is 5. The fourth-order valence-corrected chi connectivity index (χ4v) is 9.19. The number of hydrogen-bond donors (Lipinski definition) is 1. The fourth-order valence-electron chi connectivity index (χ4n) is 9.19. The molecule has 1 aromatic heterocycles. The van der Waals surface area contributed by atoms with E-state index < -0.39 is 125 Å². The number of cyclic esters (lactones) is 1. The van der Waals surface area contributed by atoms with Crippen LogP contribution in [0.3, 0.4) is 0 Å². The minimum atomic E-state index is -2.85. The summed E-state index contributed by atoms with van der Waals surface area (Å²) < 4.78 is 48.3. The number of aliphatic hydroxyl groups is 1. The maximum Gasteiger partial charge on any atom is 0.340 e. The third-order valence-corrected chi connectivity index (χ3v) is 11.6. The molecular weight excluding hydrogens is 778 g/mol. The predicted octanol–water partition coefficient (Wildman–Crippen LogP) is 1.79. The molecule has 1 spiro atoms. The zero-order valence-electron chi connectivity index (χ0n) is 33.4. The Kier molecular flexibility index (Phi) is 11.5. The Morgan fingerprint density at radius 3 is 2.14 bits per heavy atom. The first-order valence-electron chi connectivity index (χ1n) is 18.9. The number of aryl methyl sites for hydroxylation is 1. The molecule has 0 radical (unpaired) electrons. The van der Waals surface area contributed by atoms with Crippen molar-refractivity contribution in [3.8, 4) is 0 Å². The largest absolute Gasteiger partial charge is 0.465 e. The second kappa shape index (κ2) is 15.8. The average molecular weight is 824 g/mol. The van der Waals surface area contributed by atoms with Gasteiger partial charge in [-0.15, -0.1) is 0 Å². The molecule has 11 atom stereocenters. The highest BCUT2D eigenvalue weighted by Crippen LogP contribution is 2.69. The zero-order chi connectivity index (χ0) is 43.2. The molecule has 316 valence electrons. The van der Waals surface area contributed by atoms with E-state index in [0.717, 1.165) is 34.6 Å². The first-order valence-corrected chi connectivity index (χ1v) is 18.9. The lowest BCUT2D eigenvalue weighted by molar-refractivity contribution is -0.375. The molecule has 1 N–H and O–H groups in total. The van der Waals surface area contributed by atoms with E-state index in [9.17, 15) is 38.7 Å². The van der Waals surface area contributed by atoms with E-state index in [1.165, 1.54) is 56.4 Å². The van der Waals surface area contributed by atoms with Gasteiger partial charge in [-0.25, -0.2) is 9.59 Å². The Labute approximate surface area is 338 Å². The van der Waals surface area contributed by atoms with Gasteiger partial charge in [-0.1, -0.05) is 25.1 Å². The standard InChI is InChI=1S/C41H45NO17/c1-20-15-16-27-26(14-11-17-42-27)37(50)53-18-38(6)28-29(47)32(56-24(5)46)40(19-52-21(2)43)34(58-36(49)25-12-9-8-10-13-25)30(54-22(3)44)33(57-35(20)48)39(7,51)41(40,59-38)31(28)55-23(4)45/h8-14,17,20,28,30-34,51H,15-16,18-19H2,1-7H3/t20?,28-,30+,31-,32?,33+,34+,38-,39+,40-,41+/m1/s1. The number of ether oxygens (including phenoxy) is 8. The third kappa shape index (κ3) is 7.11. The summed E-state index contributed by atoms with van der Waals surface area (Å²) in [6.07, 6.45) is -9.08. The van der Waals surface area contributed by atoms with Crippen LogP contribution in [0, 0.1) is 17.3 Å². The average Bonchev–Trinajstić information content (AvgIpc) is 3.40. The van der Waals surface area contributed by atoms with Crippen LogP contribution < -0.4 is 0 Å². The number of rotatable bonds is 7. The number of carbonyl (C=O) groups excluding carboxylic acids is 8. The molecule has 2 saturated carbocycles. The van der Waals surface area contributed by atoms with Gasteiger partial charge in [0.15, 0.2) is 35.8 Å². The van der Waals surface area contributed by atoms with Crippen LogP contribution in [0.2, 0.25) is 0 Å². The molecule has 1 saturated heterocycles. The minimum absolute atomic E-state index is 0.0177. The normalized spacial score (nSPS) is 35.1. The second-order valence-electron chi connectivity index (χ2n) is 15.7. The number of aromatic nitrogens is 1. The Morgan fingerprint density at radius 1 is 0.847 bits per heavy atom. The van der Waals surface area contributed by atoms with Gasteiger partial charge in [0.05, 0.1) is 28.7 Å². The van der Waals surface area contributed by atoms with Gasteiger partial charge in [-0.3, -0.25) is 33.8 Å². The van der Waals surface area contributed by atoms with Crippen molar-refractivity contribution in [1.29, 1.82) is 0 Å². The molecule has 4 aliphatic rings. The van der Waals surface area contributed by atoms with Gasteiger partial charge in [0.1, 0.15) is 35.9 Å². The van der Waals surface area contributed by atoms with Crippen LogP contribution in [0.25, 0.3) is 0 Å². The van der Waals surface area contributed by atoms with Crippen LogP contribution in [-0.2, 0) is 73.1 Å². The first-order chi connectivity index (χ1) is 27.7. The van der Waals surface area contributed by atoms with E-state index in [-0.39, 0.29) is 29.7 Å². The highest BCUT2D eigenvalue weighted by atomic mass is 16.7. The maximum absolute atomic E-state index is 15.3. The lowest BCUT2D eigenvalue weighted by atomic mass is 9.45. The topological polar surface area (TPSA) is 244 Å². The van der Waals surface area contributed by atoms with Gasteiger partial charge in [-0.2, -0.15) is 0 Å². The number of pyridine rings is 1. The van der Waals surface area contributed by atoms with Crippen LogP contribution in [0.1, 0.15) is 81.3 Å². The van der Waals surface area contributed by atoms with Gasteiger partial charge >= 0.3 is 41.8 Å². The molecular formula is C41H45NO17. The Morgan fingerprint density at radius 2 is 1.51 bits per heavy atom. The van der Waals surface area contributed by atoms with Crippen LogP contribution in [0.15, 0.2) is 48.7 Å². The number of carbonyl (C=O) groups is 8. The van der Waals surface area contributed by atoms with Crippen molar-refractivity contribution < 1.29 is 81.4 Å². The van der Waals surface area contributed by atoms with Crippen molar-refractivity contribution in [2.24, 2.45) is 17.3 Å². The SMILES string of the molecule is CC(=O)OC[C@]12C(OC(C)=O)C(=O)[C@@H]3[C@@H](OC(C)=O)[C@@]14O[C@]3(C)COC(=O)c1cccnc1CCC(C)C(=O)O[C@@H]([C@H](OC(C)=O)[C@@H]2OC(=O)c1ccccc1)[C@]4(C)O. The first kappa shape index (κ1) is 42.8. The summed E-state index contributed by atoms with van der Waals surface area (Å²) in [7, 11) is 0. The van der Waals surface area contributed by atoms with E-state index >= 15 is 4.79 Å². The molecule has 4 bridgehead atoms. The summed E-state index contributed by atoms with van der Waals surface area (Å²) in [4.78, 5) is 114. The maximum atomic E-state index is 15.3. The van der Waals surface area contributed by atoms with Gasteiger partial charge in [0.2, 0.25) is 0 Å². The second-order valence-corrected chi connectivity index (χ2v) is 15.7. The molecule has 6 rings (SSSR count).